The Labute approximate surface area is 167 Å². The zero-order valence-corrected chi connectivity index (χ0v) is 16.4. The highest BCUT2D eigenvalue weighted by atomic mass is 16.6. The van der Waals surface area contributed by atoms with Crippen LogP contribution in [0.25, 0.3) is 11.4 Å². The molecule has 0 spiro atoms. The lowest BCUT2D eigenvalue weighted by Gasteiger charge is -2.13. The fourth-order valence-corrected chi connectivity index (χ4v) is 2.65. The summed E-state index contributed by atoms with van der Waals surface area (Å²) in [6, 6.07) is 10.3. The highest BCUT2D eigenvalue weighted by Crippen LogP contribution is 2.35. The number of methoxy groups -OCH3 is 4. The Kier molecular flexibility index (Phi) is 6.18. The standard InChI is InChI=1S/C20H20N2O7/c1-24-14-8-6-5-7-12(14)19-21-18(29-22-19)11-28-20(23)13-9-16(26-3)17(27-4)10-15(13)25-2/h5-10H,11H2,1-4H3. The third kappa shape index (κ3) is 4.23. The van der Waals surface area contributed by atoms with Crippen LogP contribution in [0.1, 0.15) is 16.2 Å². The summed E-state index contributed by atoms with van der Waals surface area (Å²) in [5, 5.41) is 3.91. The van der Waals surface area contributed by atoms with Gasteiger partial charge in [-0.25, -0.2) is 4.79 Å². The average Bonchev–Trinajstić information content (AvgIpc) is 3.25. The van der Waals surface area contributed by atoms with E-state index in [9.17, 15) is 4.79 Å². The van der Waals surface area contributed by atoms with Crippen LogP contribution in [0.2, 0.25) is 0 Å². The van der Waals surface area contributed by atoms with Crippen LogP contribution in [-0.2, 0) is 11.3 Å². The largest absolute Gasteiger partial charge is 0.496 e. The van der Waals surface area contributed by atoms with Crippen molar-refractivity contribution in [2.24, 2.45) is 0 Å². The van der Waals surface area contributed by atoms with Gasteiger partial charge in [-0.15, -0.1) is 0 Å². The number of esters is 1. The molecule has 3 rings (SSSR count). The van der Waals surface area contributed by atoms with E-state index in [1.807, 2.05) is 12.1 Å². The van der Waals surface area contributed by atoms with Gasteiger partial charge in [0.05, 0.1) is 34.0 Å². The first kappa shape index (κ1) is 20.0. The predicted molar refractivity (Wildman–Crippen MR) is 102 cm³/mol. The summed E-state index contributed by atoms with van der Waals surface area (Å²) in [6.07, 6.45) is 0. The number of para-hydroxylation sites is 1. The van der Waals surface area contributed by atoms with Crippen molar-refractivity contribution >= 4 is 5.97 Å². The number of hydrogen-bond donors (Lipinski definition) is 0. The molecule has 9 nitrogen and oxygen atoms in total. The molecule has 152 valence electrons. The van der Waals surface area contributed by atoms with Crippen LogP contribution in [0.3, 0.4) is 0 Å². The topological polar surface area (TPSA) is 102 Å². The van der Waals surface area contributed by atoms with Gasteiger partial charge in [0.2, 0.25) is 5.82 Å². The zero-order valence-electron chi connectivity index (χ0n) is 16.4. The highest BCUT2D eigenvalue weighted by Gasteiger charge is 2.20. The van der Waals surface area contributed by atoms with Crippen LogP contribution in [0.4, 0.5) is 0 Å². The molecule has 0 bridgehead atoms. The number of rotatable bonds is 8. The third-order valence-corrected chi connectivity index (χ3v) is 4.07. The molecule has 0 radical (unpaired) electrons. The Balaban J connectivity index is 1.76. The molecule has 0 fully saturated rings. The van der Waals surface area contributed by atoms with E-state index in [-0.39, 0.29) is 23.8 Å². The van der Waals surface area contributed by atoms with Crippen molar-refractivity contribution in [3.05, 3.63) is 47.9 Å². The van der Waals surface area contributed by atoms with E-state index >= 15 is 0 Å². The molecule has 0 N–H and O–H groups in total. The number of carbonyl (C=O) groups excluding carboxylic acids is 1. The second kappa shape index (κ2) is 8.96. The molecule has 0 saturated heterocycles. The molecule has 9 heteroatoms. The highest BCUT2D eigenvalue weighted by molar-refractivity contribution is 5.93. The molecule has 0 unspecified atom stereocenters. The Morgan fingerprint density at radius 2 is 1.55 bits per heavy atom. The maximum Gasteiger partial charge on any atom is 0.342 e. The summed E-state index contributed by atoms with van der Waals surface area (Å²) < 4.78 is 31.4. The molecule has 0 aliphatic carbocycles. The van der Waals surface area contributed by atoms with Crippen molar-refractivity contribution < 1.29 is 33.0 Å². The third-order valence-electron chi connectivity index (χ3n) is 4.07. The summed E-state index contributed by atoms with van der Waals surface area (Å²) in [5.74, 6) is 1.52. The number of ether oxygens (including phenoxy) is 5. The van der Waals surface area contributed by atoms with Gasteiger partial charge in [0, 0.05) is 12.1 Å². The fraction of sp³-hybridized carbons (Fsp3) is 0.250. The van der Waals surface area contributed by atoms with E-state index in [4.69, 9.17) is 28.2 Å². The molecule has 2 aromatic carbocycles. The minimum Gasteiger partial charge on any atom is -0.496 e. The normalized spacial score (nSPS) is 10.3. The zero-order chi connectivity index (χ0) is 20.8. The van der Waals surface area contributed by atoms with Crippen LogP contribution < -0.4 is 18.9 Å². The Morgan fingerprint density at radius 1 is 0.897 bits per heavy atom. The minimum atomic E-state index is -0.639. The Hall–Kier alpha value is -3.75. The Bertz CT molecular complexity index is 1000. The molecular weight excluding hydrogens is 380 g/mol. The first-order valence-electron chi connectivity index (χ1n) is 8.54. The van der Waals surface area contributed by atoms with Crippen LogP contribution in [0.5, 0.6) is 23.0 Å². The van der Waals surface area contributed by atoms with Crippen molar-refractivity contribution in [3.8, 4) is 34.4 Å². The quantitative estimate of drug-likeness (QED) is 0.528. The van der Waals surface area contributed by atoms with Gasteiger partial charge < -0.3 is 28.2 Å². The lowest BCUT2D eigenvalue weighted by molar-refractivity contribution is 0.0425. The maximum absolute atomic E-state index is 12.5. The molecular formula is C20H20N2O7. The van der Waals surface area contributed by atoms with Gasteiger partial charge in [-0.3, -0.25) is 0 Å². The smallest absolute Gasteiger partial charge is 0.342 e. The Morgan fingerprint density at radius 3 is 2.24 bits per heavy atom. The monoisotopic (exact) mass is 400 g/mol. The summed E-state index contributed by atoms with van der Waals surface area (Å²) in [4.78, 5) is 16.8. The summed E-state index contributed by atoms with van der Waals surface area (Å²) in [7, 11) is 5.95. The summed E-state index contributed by atoms with van der Waals surface area (Å²) in [5.41, 5.74) is 0.840. The van der Waals surface area contributed by atoms with Gasteiger partial charge in [0.25, 0.3) is 5.89 Å². The number of hydrogen-bond acceptors (Lipinski definition) is 9. The molecule has 0 aliphatic heterocycles. The molecule has 1 aromatic heterocycles. The van der Waals surface area contributed by atoms with Crippen molar-refractivity contribution in [2.75, 3.05) is 28.4 Å². The number of carbonyl (C=O) groups is 1. The van der Waals surface area contributed by atoms with Gasteiger partial charge in [0.15, 0.2) is 18.1 Å². The van der Waals surface area contributed by atoms with Gasteiger partial charge in [0.1, 0.15) is 17.1 Å². The van der Waals surface area contributed by atoms with Crippen LogP contribution in [-0.4, -0.2) is 44.5 Å². The van der Waals surface area contributed by atoms with Crippen molar-refractivity contribution in [2.45, 2.75) is 6.61 Å². The molecule has 0 amide bonds. The van der Waals surface area contributed by atoms with Crippen molar-refractivity contribution in [1.82, 2.24) is 10.1 Å². The molecule has 0 saturated carbocycles. The van der Waals surface area contributed by atoms with E-state index in [2.05, 4.69) is 10.1 Å². The predicted octanol–water partition coefficient (Wildman–Crippen LogP) is 3.13. The second-order valence-electron chi connectivity index (χ2n) is 5.70. The number of aromatic nitrogens is 2. The first-order chi connectivity index (χ1) is 14.1. The summed E-state index contributed by atoms with van der Waals surface area (Å²) >= 11 is 0. The van der Waals surface area contributed by atoms with Crippen LogP contribution in [0, 0.1) is 0 Å². The fourth-order valence-electron chi connectivity index (χ4n) is 2.65. The van der Waals surface area contributed by atoms with E-state index in [0.29, 0.717) is 28.6 Å². The molecule has 0 aliphatic rings. The van der Waals surface area contributed by atoms with Gasteiger partial charge >= 0.3 is 5.97 Å². The number of nitrogens with zero attached hydrogens (tertiary/aromatic N) is 2. The van der Waals surface area contributed by atoms with E-state index in [0.717, 1.165) is 0 Å². The summed E-state index contributed by atoms with van der Waals surface area (Å²) in [6.45, 7) is -0.210. The van der Waals surface area contributed by atoms with Gasteiger partial charge in [-0.05, 0) is 12.1 Å². The van der Waals surface area contributed by atoms with E-state index < -0.39 is 5.97 Å². The first-order valence-corrected chi connectivity index (χ1v) is 8.54. The van der Waals surface area contributed by atoms with Gasteiger partial charge in [-0.2, -0.15) is 4.98 Å². The minimum absolute atomic E-state index is 0.138. The van der Waals surface area contributed by atoms with Crippen molar-refractivity contribution in [3.63, 3.8) is 0 Å². The van der Waals surface area contributed by atoms with Crippen molar-refractivity contribution in [1.29, 1.82) is 0 Å². The lowest BCUT2D eigenvalue weighted by Crippen LogP contribution is -2.08. The second-order valence-corrected chi connectivity index (χ2v) is 5.70. The molecule has 29 heavy (non-hydrogen) atoms. The number of benzene rings is 2. The van der Waals surface area contributed by atoms with E-state index in [1.165, 1.54) is 27.4 Å². The van der Waals surface area contributed by atoms with E-state index in [1.54, 1.807) is 25.3 Å². The SMILES string of the molecule is COc1cc(OC)c(C(=O)OCc2nc(-c3ccccc3OC)no2)cc1OC. The average molecular weight is 400 g/mol. The molecule has 1 heterocycles. The molecule has 0 atom stereocenters. The lowest BCUT2D eigenvalue weighted by atomic mass is 10.1. The van der Waals surface area contributed by atoms with Gasteiger partial charge in [-0.1, -0.05) is 17.3 Å². The maximum atomic E-state index is 12.5. The van der Waals surface area contributed by atoms with Crippen LogP contribution >= 0.6 is 0 Å². The molecule has 3 aromatic rings. The van der Waals surface area contributed by atoms with Crippen LogP contribution in [0.15, 0.2) is 40.9 Å².